The lowest BCUT2D eigenvalue weighted by Gasteiger charge is -2.10. The first-order valence-corrected chi connectivity index (χ1v) is 5.66. The minimum atomic E-state index is 0.706. The Morgan fingerprint density at radius 1 is 1.06 bits per heavy atom. The highest BCUT2D eigenvalue weighted by atomic mass is 16.5. The molecule has 2 aromatic carbocycles. The minimum absolute atomic E-state index is 0.706. The summed E-state index contributed by atoms with van der Waals surface area (Å²) in [6, 6.07) is 12.8. The fourth-order valence-electron chi connectivity index (χ4n) is 1.78. The van der Waals surface area contributed by atoms with Gasteiger partial charge in [0, 0.05) is 5.69 Å². The monoisotopic (exact) mass is 242 g/mol. The van der Waals surface area contributed by atoms with Gasteiger partial charge in [0.15, 0.2) is 11.5 Å². The first-order valence-electron chi connectivity index (χ1n) is 5.66. The normalized spacial score (nSPS) is 10.2. The van der Waals surface area contributed by atoms with Crippen LogP contribution in [0.4, 0.5) is 5.69 Å². The predicted molar refractivity (Wildman–Crippen MR) is 73.0 cm³/mol. The second-order valence-electron chi connectivity index (χ2n) is 4.05. The first kappa shape index (κ1) is 12.3. The number of hydrogen-bond acceptors (Lipinski definition) is 3. The lowest BCUT2D eigenvalue weighted by molar-refractivity contribution is 0.355. The van der Waals surface area contributed by atoms with Crippen molar-refractivity contribution in [1.82, 2.24) is 0 Å². The number of anilines is 1. The molecule has 3 heteroatoms. The number of rotatable bonds is 3. The minimum Gasteiger partial charge on any atom is -0.493 e. The molecule has 0 spiro atoms. The van der Waals surface area contributed by atoms with Crippen LogP contribution in [0.25, 0.3) is 11.1 Å². The quantitative estimate of drug-likeness (QED) is 0.841. The average Bonchev–Trinajstić information content (AvgIpc) is 2.41. The summed E-state index contributed by atoms with van der Waals surface area (Å²) in [4.78, 5) is 0. The summed E-state index contributed by atoms with van der Waals surface area (Å²) >= 11 is 0. The zero-order valence-electron chi connectivity index (χ0n) is 10.8. The van der Waals surface area contributed by atoms with Gasteiger partial charge in [-0.05, 0) is 53.9 Å². The van der Waals surface area contributed by atoms with E-state index in [0.717, 1.165) is 22.4 Å². The molecular formula is C15H16NO2. The summed E-state index contributed by atoms with van der Waals surface area (Å²) < 4.78 is 10.5. The maximum Gasteiger partial charge on any atom is 0.161 e. The first-order chi connectivity index (χ1) is 8.65. The molecule has 0 fully saturated rings. The summed E-state index contributed by atoms with van der Waals surface area (Å²) in [5, 5.41) is 0. The second kappa shape index (κ2) is 5.00. The van der Waals surface area contributed by atoms with E-state index in [1.165, 1.54) is 0 Å². The maximum absolute atomic E-state index is 5.79. The maximum atomic E-state index is 5.79. The zero-order valence-corrected chi connectivity index (χ0v) is 10.8. The average molecular weight is 242 g/mol. The van der Waals surface area contributed by atoms with Crippen molar-refractivity contribution in [3.63, 3.8) is 0 Å². The van der Waals surface area contributed by atoms with Crippen molar-refractivity contribution in [2.45, 2.75) is 6.92 Å². The Bertz CT molecular complexity index is 564. The number of aryl methyl sites for hydroxylation is 1. The molecular weight excluding hydrogens is 226 g/mol. The molecule has 2 aromatic rings. The van der Waals surface area contributed by atoms with Gasteiger partial charge in [-0.2, -0.15) is 0 Å². The zero-order chi connectivity index (χ0) is 13.1. The highest BCUT2D eigenvalue weighted by molar-refractivity contribution is 5.69. The van der Waals surface area contributed by atoms with Crippen molar-refractivity contribution in [2.24, 2.45) is 0 Å². The third-order valence-corrected chi connectivity index (χ3v) is 2.89. The summed E-state index contributed by atoms with van der Waals surface area (Å²) in [7, 11) is 3.25. The molecule has 0 unspecified atom stereocenters. The number of hydrogen-bond donors (Lipinski definition) is 1. The van der Waals surface area contributed by atoms with Crippen LogP contribution in [-0.2, 0) is 0 Å². The van der Waals surface area contributed by atoms with E-state index in [-0.39, 0.29) is 0 Å². The topological polar surface area (TPSA) is 44.5 Å². The fourth-order valence-corrected chi connectivity index (χ4v) is 1.78. The van der Waals surface area contributed by atoms with Gasteiger partial charge in [-0.3, -0.25) is 0 Å². The van der Waals surface area contributed by atoms with E-state index in [0.29, 0.717) is 11.5 Å². The number of nitrogens with two attached hydrogens (primary N) is 1. The van der Waals surface area contributed by atoms with E-state index in [1.54, 1.807) is 20.3 Å². The van der Waals surface area contributed by atoms with Crippen molar-refractivity contribution in [2.75, 3.05) is 20.0 Å². The number of ether oxygens (including phenoxy) is 2. The molecule has 0 aromatic heterocycles. The molecule has 18 heavy (non-hydrogen) atoms. The van der Waals surface area contributed by atoms with E-state index in [2.05, 4.69) is 6.07 Å². The summed E-state index contributed by atoms with van der Waals surface area (Å²) in [5.41, 5.74) is 9.59. The molecule has 2 N–H and O–H groups in total. The summed E-state index contributed by atoms with van der Waals surface area (Å²) in [6.45, 7) is 1.98. The molecule has 0 aliphatic heterocycles. The molecule has 1 radical (unpaired) electrons. The number of nitrogen functional groups attached to an aromatic ring is 1. The van der Waals surface area contributed by atoms with Gasteiger partial charge < -0.3 is 15.2 Å². The van der Waals surface area contributed by atoms with E-state index in [9.17, 15) is 0 Å². The van der Waals surface area contributed by atoms with Crippen LogP contribution < -0.4 is 15.2 Å². The lowest BCUT2D eigenvalue weighted by atomic mass is 10.0. The molecule has 0 aliphatic carbocycles. The Labute approximate surface area is 107 Å². The smallest absolute Gasteiger partial charge is 0.161 e. The van der Waals surface area contributed by atoms with Crippen molar-refractivity contribution in [3.05, 3.63) is 42.0 Å². The number of methoxy groups -OCH3 is 2. The Morgan fingerprint density at radius 2 is 1.78 bits per heavy atom. The van der Waals surface area contributed by atoms with Crippen LogP contribution in [0, 0.1) is 13.0 Å². The Morgan fingerprint density at radius 3 is 2.39 bits per heavy atom. The van der Waals surface area contributed by atoms with Gasteiger partial charge in [-0.1, -0.05) is 6.07 Å². The molecule has 0 heterocycles. The Hall–Kier alpha value is -2.16. The van der Waals surface area contributed by atoms with Crippen LogP contribution in [0.15, 0.2) is 30.3 Å². The van der Waals surface area contributed by atoms with Gasteiger partial charge in [0.2, 0.25) is 0 Å². The molecule has 0 aliphatic rings. The van der Waals surface area contributed by atoms with Gasteiger partial charge in [0.1, 0.15) is 0 Å². The largest absolute Gasteiger partial charge is 0.493 e. The second-order valence-corrected chi connectivity index (χ2v) is 4.05. The van der Waals surface area contributed by atoms with Gasteiger partial charge in [-0.15, -0.1) is 0 Å². The third kappa shape index (κ3) is 2.25. The molecule has 0 atom stereocenters. The van der Waals surface area contributed by atoms with Crippen LogP contribution in [-0.4, -0.2) is 14.2 Å². The molecule has 2 rings (SSSR count). The van der Waals surface area contributed by atoms with Crippen molar-refractivity contribution in [3.8, 4) is 22.6 Å². The molecule has 0 bridgehead atoms. The van der Waals surface area contributed by atoms with Gasteiger partial charge in [-0.25, -0.2) is 0 Å². The molecule has 0 amide bonds. The molecule has 0 saturated carbocycles. The van der Waals surface area contributed by atoms with Gasteiger partial charge >= 0.3 is 0 Å². The van der Waals surface area contributed by atoms with E-state index in [1.807, 2.05) is 31.2 Å². The SMILES string of the molecule is COc1ccc(-c2[c]cc(N)c(C)c2)cc1OC. The van der Waals surface area contributed by atoms with Gasteiger partial charge in [0.25, 0.3) is 0 Å². The fraction of sp³-hybridized carbons (Fsp3) is 0.200. The highest BCUT2D eigenvalue weighted by Gasteiger charge is 2.07. The highest BCUT2D eigenvalue weighted by Crippen LogP contribution is 2.32. The van der Waals surface area contributed by atoms with Gasteiger partial charge in [0.05, 0.1) is 14.2 Å². The van der Waals surface area contributed by atoms with Crippen LogP contribution in [0.5, 0.6) is 11.5 Å². The summed E-state index contributed by atoms with van der Waals surface area (Å²) in [6.07, 6.45) is 0. The molecule has 3 nitrogen and oxygen atoms in total. The Kier molecular flexibility index (Phi) is 3.42. The van der Waals surface area contributed by atoms with Crippen molar-refractivity contribution >= 4 is 5.69 Å². The molecule has 0 saturated heterocycles. The van der Waals surface area contributed by atoms with E-state index >= 15 is 0 Å². The third-order valence-electron chi connectivity index (χ3n) is 2.89. The van der Waals surface area contributed by atoms with Crippen LogP contribution in [0.1, 0.15) is 5.56 Å². The van der Waals surface area contributed by atoms with Crippen molar-refractivity contribution in [1.29, 1.82) is 0 Å². The molecule has 93 valence electrons. The lowest BCUT2D eigenvalue weighted by Crippen LogP contribution is -1.92. The summed E-state index contributed by atoms with van der Waals surface area (Å²) in [5.74, 6) is 1.42. The van der Waals surface area contributed by atoms with Crippen LogP contribution >= 0.6 is 0 Å². The number of benzene rings is 2. The van der Waals surface area contributed by atoms with E-state index in [4.69, 9.17) is 15.2 Å². The standard InChI is InChI=1S/C15H16NO2/c1-10-8-11(4-6-13(10)16)12-5-7-14(17-2)15(9-12)18-3/h5-9H,16H2,1-3H3. The van der Waals surface area contributed by atoms with Crippen LogP contribution in [0.2, 0.25) is 0 Å². The Balaban J connectivity index is 2.47. The predicted octanol–water partition coefficient (Wildman–Crippen LogP) is 3.06. The van der Waals surface area contributed by atoms with E-state index < -0.39 is 0 Å². The van der Waals surface area contributed by atoms with Crippen LogP contribution in [0.3, 0.4) is 0 Å². The van der Waals surface area contributed by atoms with Crippen molar-refractivity contribution < 1.29 is 9.47 Å².